The number of amides is 1. The molecular formula is C16H26N2O6S. The molecular weight excluding hydrogens is 348 g/mol. The average molecular weight is 374 g/mol. The third-order valence-corrected chi connectivity index (χ3v) is 4.90. The predicted molar refractivity (Wildman–Crippen MR) is 93.4 cm³/mol. The lowest BCUT2D eigenvalue weighted by atomic mass is 10.3. The van der Waals surface area contributed by atoms with Gasteiger partial charge in [-0.15, -0.1) is 0 Å². The SMILES string of the molecule is CCOCCCNC(=O)[C@H](C)NS(=O)(=O)c1ccc(OC)c(OC)c1. The summed E-state index contributed by atoms with van der Waals surface area (Å²) < 4.78 is 42.5. The summed E-state index contributed by atoms with van der Waals surface area (Å²) in [6.07, 6.45) is 0.661. The molecule has 142 valence electrons. The van der Waals surface area contributed by atoms with Gasteiger partial charge in [0, 0.05) is 25.8 Å². The summed E-state index contributed by atoms with van der Waals surface area (Å²) in [6, 6.07) is 3.31. The van der Waals surface area contributed by atoms with Gasteiger partial charge in [-0.1, -0.05) is 0 Å². The summed E-state index contributed by atoms with van der Waals surface area (Å²) in [4.78, 5) is 12.0. The van der Waals surface area contributed by atoms with Crippen molar-refractivity contribution in [2.24, 2.45) is 0 Å². The summed E-state index contributed by atoms with van der Waals surface area (Å²) in [7, 11) is -0.995. The van der Waals surface area contributed by atoms with Crippen molar-refractivity contribution < 1.29 is 27.4 Å². The fourth-order valence-corrected chi connectivity index (χ4v) is 3.24. The van der Waals surface area contributed by atoms with Crippen molar-refractivity contribution in [2.75, 3.05) is 34.0 Å². The Morgan fingerprint density at radius 3 is 2.48 bits per heavy atom. The molecule has 1 amide bonds. The van der Waals surface area contributed by atoms with E-state index in [1.165, 1.54) is 39.3 Å². The fraction of sp³-hybridized carbons (Fsp3) is 0.562. The molecule has 0 aliphatic heterocycles. The van der Waals surface area contributed by atoms with Gasteiger partial charge >= 0.3 is 0 Å². The number of rotatable bonds is 11. The predicted octanol–water partition coefficient (Wildman–Crippen LogP) is 0.913. The minimum absolute atomic E-state index is 0.0128. The van der Waals surface area contributed by atoms with Crippen molar-refractivity contribution in [3.63, 3.8) is 0 Å². The smallest absolute Gasteiger partial charge is 0.241 e. The summed E-state index contributed by atoms with van der Waals surface area (Å²) in [5, 5.41) is 2.67. The molecule has 0 aliphatic carbocycles. The van der Waals surface area contributed by atoms with E-state index in [1.54, 1.807) is 0 Å². The largest absolute Gasteiger partial charge is 0.493 e. The summed E-state index contributed by atoms with van der Waals surface area (Å²) in [5.41, 5.74) is 0. The molecule has 0 unspecified atom stereocenters. The lowest BCUT2D eigenvalue weighted by Gasteiger charge is -2.15. The van der Waals surface area contributed by atoms with Crippen molar-refractivity contribution in [3.8, 4) is 11.5 Å². The first-order chi connectivity index (χ1) is 11.9. The number of nitrogens with one attached hydrogen (secondary N) is 2. The van der Waals surface area contributed by atoms with Gasteiger partial charge in [0.2, 0.25) is 15.9 Å². The van der Waals surface area contributed by atoms with Crippen LogP contribution in [0.3, 0.4) is 0 Å². The first kappa shape index (κ1) is 21.2. The van der Waals surface area contributed by atoms with Crippen LogP contribution in [-0.2, 0) is 19.6 Å². The molecule has 25 heavy (non-hydrogen) atoms. The van der Waals surface area contributed by atoms with Crippen molar-refractivity contribution in [3.05, 3.63) is 18.2 Å². The molecule has 8 nitrogen and oxygen atoms in total. The molecule has 0 fully saturated rings. The van der Waals surface area contributed by atoms with E-state index in [1.807, 2.05) is 6.92 Å². The van der Waals surface area contributed by atoms with E-state index in [0.29, 0.717) is 37.7 Å². The Labute approximate surface area is 148 Å². The van der Waals surface area contributed by atoms with Crippen LogP contribution in [0, 0.1) is 0 Å². The van der Waals surface area contributed by atoms with Crippen LogP contribution < -0.4 is 19.5 Å². The first-order valence-corrected chi connectivity index (χ1v) is 9.43. The highest BCUT2D eigenvalue weighted by molar-refractivity contribution is 7.89. The molecule has 0 saturated carbocycles. The van der Waals surface area contributed by atoms with Gasteiger partial charge in [-0.3, -0.25) is 4.79 Å². The van der Waals surface area contributed by atoms with Crippen molar-refractivity contribution in [2.45, 2.75) is 31.2 Å². The molecule has 9 heteroatoms. The second-order valence-electron chi connectivity index (χ2n) is 5.20. The van der Waals surface area contributed by atoms with E-state index in [2.05, 4.69) is 10.0 Å². The van der Waals surface area contributed by atoms with Crippen LogP contribution in [0.5, 0.6) is 11.5 Å². The maximum Gasteiger partial charge on any atom is 0.241 e. The van der Waals surface area contributed by atoms with Gasteiger partial charge in [0.05, 0.1) is 25.2 Å². The van der Waals surface area contributed by atoms with Gasteiger partial charge in [-0.25, -0.2) is 8.42 Å². The van der Waals surface area contributed by atoms with Crippen LogP contribution in [0.15, 0.2) is 23.1 Å². The molecule has 1 aromatic carbocycles. The topological polar surface area (TPSA) is 103 Å². The Morgan fingerprint density at radius 1 is 1.20 bits per heavy atom. The summed E-state index contributed by atoms with van der Waals surface area (Å²) in [5.74, 6) is 0.306. The summed E-state index contributed by atoms with van der Waals surface area (Å²) >= 11 is 0. The van der Waals surface area contributed by atoms with Gasteiger partial charge < -0.3 is 19.5 Å². The molecule has 2 N–H and O–H groups in total. The molecule has 0 radical (unpaired) electrons. The molecule has 0 spiro atoms. The van der Waals surface area contributed by atoms with Crippen LogP contribution in [0.25, 0.3) is 0 Å². The van der Waals surface area contributed by atoms with Crippen molar-refractivity contribution >= 4 is 15.9 Å². The van der Waals surface area contributed by atoms with E-state index < -0.39 is 22.0 Å². The average Bonchev–Trinajstić information content (AvgIpc) is 2.60. The Bertz CT molecular complexity index is 663. The zero-order valence-corrected chi connectivity index (χ0v) is 15.8. The zero-order chi connectivity index (χ0) is 18.9. The lowest BCUT2D eigenvalue weighted by molar-refractivity contribution is -0.122. The van der Waals surface area contributed by atoms with Crippen LogP contribution in [0.4, 0.5) is 0 Å². The number of carbonyl (C=O) groups is 1. The zero-order valence-electron chi connectivity index (χ0n) is 15.0. The number of benzene rings is 1. The van der Waals surface area contributed by atoms with E-state index in [9.17, 15) is 13.2 Å². The van der Waals surface area contributed by atoms with Crippen LogP contribution in [-0.4, -0.2) is 54.3 Å². The third kappa shape index (κ3) is 6.52. The highest BCUT2D eigenvalue weighted by Gasteiger charge is 2.23. The number of sulfonamides is 1. The monoisotopic (exact) mass is 374 g/mol. The molecule has 1 atom stereocenters. The van der Waals surface area contributed by atoms with Crippen LogP contribution >= 0.6 is 0 Å². The second kappa shape index (κ2) is 10.2. The lowest BCUT2D eigenvalue weighted by Crippen LogP contribution is -2.45. The van der Waals surface area contributed by atoms with E-state index in [4.69, 9.17) is 14.2 Å². The fourth-order valence-electron chi connectivity index (χ4n) is 2.02. The van der Waals surface area contributed by atoms with E-state index in [-0.39, 0.29) is 4.90 Å². The third-order valence-electron chi connectivity index (χ3n) is 3.36. The number of hydrogen-bond donors (Lipinski definition) is 2. The molecule has 1 aromatic rings. The maximum atomic E-state index is 12.4. The minimum atomic E-state index is -3.87. The maximum absolute atomic E-state index is 12.4. The standard InChI is InChI=1S/C16H26N2O6S/c1-5-24-10-6-9-17-16(19)12(2)18-25(20,21)13-7-8-14(22-3)15(11-13)23-4/h7-8,11-12,18H,5-6,9-10H2,1-4H3,(H,17,19)/t12-/m0/s1. The van der Waals surface area contributed by atoms with Gasteiger partial charge in [0.15, 0.2) is 11.5 Å². The van der Waals surface area contributed by atoms with Gasteiger partial charge in [0.1, 0.15) is 0 Å². The highest BCUT2D eigenvalue weighted by atomic mass is 32.2. The summed E-state index contributed by atoms with van der Waals surface area (Å²) in [6.45, 7) is 4.96. The quantitative estimate of drug-likeness (QED) is 0.558. The minimum Gasteiger partial charge on any atom is -0.493 e. The van der Waals surface area contributed by atoms with E-state index in [0.717, 1.165) is 0 Å². The molecule has 0 aliphatic rings. The number of ether oxygens (including phenoxy) is 3. The van der Waals surface area contributed by atoms with Gasteiger partial charge in [-0.05, 0) is 32.4 Å². The number of carbonyl (C=O) groups excluding carboxylic acids is 1. The van der Waals surface area contributed by atoms with E-state index >= 15 is 0 Å². The Balaban J connectivity index is 2.68. The Morgan fingerprint density at radius 2 is 1.88 bits per heavy atom. The first-order valence-electron chi connectivity index (χ1n) is 7.95. The van der Waals surface area contributed by atoms with Crippen LogP contribution in [0.1, 0.15) is 20.3 Å². The van der Waals surface area contributed by atoms with Gasteiger partial charge in [0.25, 0.3) is 0 Å². The number of hydrogen-bond acceptors (Lipinski definition) is 6. The highest BCUT2D eigenvalue weighted by Crippen LogP contribution is 2.29. The van der Waals surface area contributed by atoms with Crippen molar-refractivity contribution in [1.29, 1.82) is 0 Å². The Kier molecular flexibility index (Phi) is 8.67. The normalized spacial score (nSPS) is 12.5. The van der Waals surface area contributed by atoms with Crippen molar-refractivity contribution in [1.82, 2.24) is 10.0 Å². The molecule has 0 aromatic heterocycles. The molecule has 0 saturated heterocycles. The molecule has 1 rings (SSSR count). The Hall–Kier alpha value is -1.84. The number of methoxy groups -OCH3 is 2. The van der Waals surface area contributed by atoms with Crippen LogP contribution in [0.2, 0.25) is 0 Å². The molecule has 0 heterocycles. The second-order valence-corrected chi connectivity index (χ2v) is 6.92. The molecule has 0 bridgehead atoms. The van der Waals surface area contributed by atoms with Gasteiger partial charge in [-0.2, -0.15) is 4.72 Å².